The van der Waals surface area contributed by atoms with E-state index in [1.807, 2.05) is 18.2 Å². The fourth-order valence-corrected chi connectivity index (χ4v) is 1.86. The Hall–Kier alpha value is -1.30. The van der Waals surface area contributed by atoms with Gasteiger partial charge in [-0.2, -0.15) is 0 Å². The number of rotatable bonds is 8. The molecule has 4 N–H and O–H groups in total. The van der Waals surface area contributed by atoms with Crippen molar-refractivity contribution in [1.82, 2.24) is 5.32 Å². The van der Waals surface area contributed by atoms with Gasteiger partial charge in [-0.25, -0.2) is 0 Å². The van der Waals surface area contributed by atoms with Gasteiger partial charge in [0, 0.05) is 24.8 Å². The van der Waals surface area contributed by atoms with Crippen LogP contribution in [-0.4, -0.2) is 39.0 Å². The number of ether oxygens (including phenoxy) is 2. The number of hydrogen-bond acceptors (Lipinski definition) is 5. The Morgan fingerprint density at radius 1 is 1.33 bits per heavy atom. The average Bonchev–Trinajstić information content (AvgIpc) is 2.42. The molecule has 1 aromatic carbocycles. The van der Waals surface area contributed by atoms with Gasteiger partial charge >= 0.3 is 0 Å². The molecule has 0 spiro atoms. The van der Waals surface area contributed by atoms with E-state index in [9.17, 15) is 0 Å². The van der Waals surface area contributed by atoms with Gasteiger partial charge in [0.15, 0.2) is 11.5 Å². The molecule has 0 aromatic heterocycles. The molecule has 1 atom stereocenters. The molecule has 0 saturated heterocycles. The Balaban J connectivity index is 2.90. The van der Waals surface area contributed by atoms with Crippen molar-refractivity contribution >= 4 is 0 Å². The van der Waals surface area contributed by atoms with Crippen molar-refractivity contribution in [1.29, 1.82) is 0 Å². The van der Waals surface area contributed by atoms with Gasteiger partial charge in [0.25, 0.3) is 0 Å². The van der Waals surface area contributed by atoms with E-state index in [0.29, 0.717) is 31.0 Å². The normalized spacial score (nSPS) is 12.2. The maximum absolute atomic E-state index is 8.79. The summed E-state index contributed by atoms with van der Waals surface area (Å²) in [4.78, 5) is 0. The summed E-state index contributed by atoms with van der Waals surface area (Å²) in [6.45, 7) is 1.33. The lowest BCUT2D eigenvalue weighted by molar-refractivity contribution is 0.282. The lowest BCUT2D eigenvalue weighted by Crippen LogP contribution is -2.29. The smallest absolute Gasteiger partial charge is 0.165 e. The van der Waals surface area contributed by atoms with Crippen molar-refractivity contribution in [3.05, 3.63) is 23.8 Å². The summed E-state index contributed by atoms with van der Waals surface area (Å²) in [5, 5.41) is 12.1. The fourth-order valence-electron chi connectivity index (χ4n) is 1.86. The molecule has 102 valence electrons. The highest BCUT2D eigenvalue weighted by Crippen LogP contribution is 2.34. The zero-order valence-electron chi connectivity index (χ0n) is 11.0. The van der Waals surface area contributed by atoms with Crippen molar-refractivity contribution in [2.24, 2.45) is 5.73 Å². The minimum atomic E-state index is -0.0124. The monoisotopic (exact) mass is 254 g/mol. The first-order valence-corrected chi connectivity index (χ1v) is 6.03. The first kappa shape index (κ1) is 14.8. The summed E-state index contributed by atoms with van der Waals surface area (Å²) in [6, 6.07) is 5.71. The van der Waals surface area contributed by atoms with Gasteiger partial charge in [-0.1, -0.05) is 12.1 Å². The Morgan fingerprint density at radius 3 is 2.67 bits per heavy atom. The van der Waals surface area contributed by atoms with Crippen LogP contribution in [0.4, 0.5) is 0 Å². The highest BCUT2D eigenvalue weighted by molar-refractivity contribution is 5.48. The minimum absolute atomic E-state index is 0.0124. The largest absolute Gasteiger partial charge is 0.493 e. The molecule has 0 amide bonds. The van der Waals surface area contributed by atoms with Gasteiger partial charge in [-0.15, -0.1) is 0 Å². The summed E-state index contributed by atoms with van der Waals surface area (Å²) < 4.78 is 10.7. The van der Waals surface area contributed by atoms with Gasteiger partial charge in [0.05, 0.1) is 14.2 Å². The number of benzene rings is 1. The number of para-hydroxylation sites is 1. The van der Waals surface area contributed by atoms with Gasteiger partial charge < -0.3 is 25.6 Å². The highest BCUT2D eigenvalue weighted by atomic mass is 16.5. The lowest BCUT2D eigenvalue weighted by atomic mass is 10.0. The van der Waals surface area contributed by atoms with E-state index in [2.05, 4.69) is 5.32 Å². The fraction of sp³-hybridized carbons (Fsp3) is 0.538. The summed E-state index contributed by atoms with van der Waals surface area (Å²) in [7, 11) is 3.22. The molecule has 0 fully saturated rings. The molecule has 0 heterocycles. The maximum atomic E-state index is 8.79. The average molecular weight is 254 g/mol. The topological polar surface area (TPSA) is 76.7 Å². The van der Waals surface area contributed by atoms with Crippen molar-refractivity contribution in [3.8, 4) is 11.5 Å². The van der Waals surface area contributed by atoms with Crippen LogP contribution in [0, 0.1) is 0 Å². The summed E-state index contributed by atoms with van der Waals surface area (Å²) in [6.07, 6.45) is 0.697. The molecule has 0 aliphatic heterocycles. The van der Waals surface area contributed by atoms with Crippen LogP contribution in [0.3, 0.4) is 0 Å². The van der Waals surface area contributed by atoms with E-state index in [-0.39, 0.29) is 12.6 Å². The Labute approximate surface area is 108 Å². The van der Waals surface area contributed by atoms with Crippen molar-refractivity contribution < 1.29 is 14.6 Å². The first-order valence-electron chi connectivity index (χ1n) is 6.03. The van der Waals surface area contributed by atoms with Gasteiger partial charge in [0.2, 0.25) is 0 Å². The quantitative estimate of drug-likeness (QED) is 0.595. The maximum Gasteiger partial charge on any atom is 0.165 e. The Bertz CT molecular complexity index is 358. The predicted molar refractivity (Wildman–Crippen MR) is 71.0 cm³/mol. The van der Waals surface area contributed by atoms with Crippen molar-refractivity contribution in [2.75, 3.05) is 33.9 Å². The van der Waals surface area contributed by atoms with Crippen molar-refractivity contribution in [3.63, 3.8) is 0 Å². The molecule has 18 heavy (non-hydrogen) atoms. The molecule has 0 radical (unpaired) electrons. The minimum Gasteiger partial charge on any atom is -0.493 e. The second-order valence-electron chi connectivity index (χ2n) is 3.90. The van der Waals surface area contributed by atoms with Gasteiger partial charge in [0.1, 0.15) is 0 Å². The van der Waals surface area contributed by atoms with Crippen LogP contribution in [0.15, 0.2) is 18.2 Å². The summed E-state index contributed by atoms with van der Waals surface area (Å²) >= 11 is 0. The van der Waals surface area contributed by atoms with Gasteiger partial charge in [-0.3, -0.25) is 0 Å². The second-order valence-corrected chi connectivity index (χ2v) is 3.90. The Morgan fingerprint density at radius 2 is 2.11 bits per heavy atom. The van der Waals surface area contributed by atoms with E-state index >= 15 is 0 Å². The zero-order valence-corrected chi connectivity index (χ0v) is 11.0. The Kier molecular flexibility index (Phi) is 6.49. The van der Waals surface area contributed by atoms with Crippen LogP contribution < -0.4 is 20.5 Å². The third kappa shape index (κ3) is 3.60. The molecule has 0 aliphatic carbocycles. The molecule has 1 aromatic rings. The van der Waals surface area contributed by atoms with Gasteiger partial charge in [-0.05, 0) is 19.0 Å². The highest BCUT2D eigenvalue weighted by Gasteiger charge is 2.17. The number of aliphatic hydroxyl groups is 1. The number of nitrogens with one attached hydrogen (secondary N) is 1. The molecule has 0 aliphatic rings. The predicted octanol–water partition coefficient (Wildman–Crippen LogP) is 0.676. The molecule has 0 saturated carbocycles. The van der Waals surface area contributed by atoms with Crippen LogP contribution in [0.2, 0.25) is 0 Å². The third-order valence-electron chi connectivity index (χ3n) is 2.77. The van der Waals surface area contributed by atoms with Crippen LogP contribution in [0.5, 0.6) is 11.5 Å². The number of nitrogens with two attached hydrogens (primary N) is 1. The van der Waals surface area contributed by atoms with Crippen LogP contribution >= 0.6 is 0 Å². The number of aliphatic hydroxyl groups excluding tert-OH is 1. The molecule has 5 nitrogen and oxygen atoms in total. The standard InChI is InChI=1S/C13H22N2O3/c1-17-12-6-3-5-10(13(12)18-2)11(9-14)15-7-4-8-16/h3,5-6,11,15-16H,4,7-9,14H2,1-2H3. The third-order valence-corrected chi connectivity index (χ3v) is 2.77. The van der Waals surface area contributed by atoms with Crippen LogP contribution in [0.25, 0.3) is 0 Å². The lowest BCUT2D eigenvalue weighted by Gasteiger charge is -2.21. The van der Waals surface area contributed by atoms with E-state index in [4.69, 9.17) is 20.3 Å². The molecule has 0 bridgehead atoms. The summed E-state index contributed by atoms with van der Waals surface area (Å²) in [5.74, 6) is 1.39. The van der Waals surface area contributed by atoms with E-state index in [0.717, 1.165) is 5.56 Å². The van der Waals surface area contributed by atoms with E-state index < -0.39 is 0 Å². The van der Waals surface area contributed by atoms with Crippen LogP contribution in [-0.2, 0) is 0 Å². The molecule has 1 unspecified atom stereocenters. The van der Waals surface area contributed by atoms with Crippen molar-refractivity contribution in [2.45, 2.75) is 12.5 Å². The van der Waals surface area contributed by atoms with E-state index in [1.165, 1.54) is 0 Å². The number of hydrogen-bond donors (Lipinski definition) is 3. The first-order chi connectivity index (χ1) is 8.78. The molecule has 5 heteroatoms. The van der Waals surface area contributed by atoms with Crippen LogP contribution in [0.1, 0.15) is 18.0 Å². The zero-order chi connectivity index (χ0) is 13.4. The molecule has 1 rings (SSSR count). The summed E-state index contributed by atoms with van der Waals surface area (Å²) in [5.41, 5.74) is 6.75. The molecular weight excluding hydrogens is 232 g/mol. The number of methoxy groups -OCH3 is 2. The second kappa shape index (κ2) is 7.92. The van der Waals surface area contributed by atoms with E-state index in [1.54, 1.807) is 14.2 Å². The molecular formula is C13H22N2O3. The SMILES string of the molecule is COc1cccc(C(CN)NCCCO)c1OC.